The van der Waals surface area contributed by atoms with Gasteiger partial charge in [-0.2, -0.15) is 0 Å². The molecule has 0 N–H and O–H groups in total. The van der Waals surface area contributed by atoms with E-state index in [-0.39, 0.29) is 23.9 Å². The van der Waals surface area contributed by atoms with Gasteiger partial charge >= 0.3 is 5.97 Å². The van der Waals surface area contributed by atoms with Crippen LogP contribution in [0.4, 0.5) is 0 Å². The molecule has 30 heavy (non-hydrogen) atoms. The highest BCUT2D eigenvalue weighted by Crippen LogP contribution is 2.21. The van der Waals surface area contributed by atoms with Gasteiger partial charge in [-0.1, -0.05) is 12.1 Å². The molecule has 0 saturated heterocycles. The highest BCUT2D eigenvalue weighted by atomic mass is 16.5. The highest BCUT2D eigenvalue weighted by Gasteiger charge is 2.20. The van der Waals surface area contributed by atoms with Crippen LogP contribution in [0.15, 0.2) is 41.5 Å². The number of esters is 1. The normalized spacial score (nSPS) is 12.1. The molecule has 0 aliphatic carbocycles. The van der Waals surface area contributed by atoms with Crippen molar-refractivity contribution in [3.05, 3.63) is 64.0 Å². The summed E-state index contributed by atoms with van der Waals surface area (Å²) in [6, 6.07) is 8.75. The van der Waals surface area contributed by atoms with E-state index in [1.807, 2.05) is 25.3 Å². The van der Waals surface area contributed by atoms with E-state index in [2.05, 4.69) is 4.98 Å². The molecule has 0 saturated carbocycles. The summed E-state index contributed by atoms with van der Waals surface area (Å²) in [5, 5.41) is 0.418. The zero-order valence-corrected chi connectivity index (χ0v) is 17.5. The Morgan fingerprint density at radius 2 is 1.93 bits per heavy atom. The van der Waals surface area contributed by atoms with Gasteiger partial charge in [0.2, 0.25) is 5.78 Å². The summed E-state index contributed by atoms with van der Waals surface area (Å²) in [7, 11) is 1.63. The molecule has 1 atom stereocenters. The first kappa shape index (κ1) is 21.4. The van der Waals surface area contributed by atoms with Crippen molar-refractivity contribution in [3.63, 3.8) is 0 Å². The first-order valence-corrected chi connectivity index (χ1v) is 9.63. The lowest BCUT2D eigenvalue weighted by atomic mass is 10.1. The molecule has 0 amide bonds. The minimum absolute atomic E-state index is 0.0754. The number of rotatable bonds is 8. The molecule has 158 valence electrons. The van der Waals surface area contributed by atoms with Gasteiger partial charge in [0.1, 0.15) is 6.54 Å². The standard InChI is InChI=1S/C22H25N3O5/c1-14-9-18(16(3)25(14)15(2)11-29-4)20(26)12-30-21(27)10-24-13-23-19-8-6-5-7-17(19)22(24)28/h5-9,13,15H,10-12H2,1-4H3. The number of Topliss-reactive ketones (excluding diaryl/α,β-unsaturated/α-hetero) is 1. The topological polar surface area (TPSA) is 92.4 Å². The Balaban J connectivity index is 1.67. The van der Waals surface area contributed by atoms with Crippen LogP contribution in [0, 0.1) is 13.8 Å². The second-order valence-electron chi connectivity index (χ2n) is 7.24. The van der Waals surface area contributed by atoms with Crippen LogP contribution >= 0.6 is 0 Å². The molecule has 1 aromatic carbocycles. The maximum atomic E-state index is 12.6. The predicted molar refractivity (Wildman–Crippen MR) is 112 cm³/mol. The Hall–Kier alpha value is -3.26. The SMILES string of the molecule is COCC(C)n1c(C)cc(C(=O)COC(=O)Cn2cnc3ccccc3c2=O)c1C. The summed E-state index contributed by atoms with van der Waals surface area (Å²) in [4.78, 5) is 41.4. The maximum absolute atomic E-state index is 12.6. The van der Waals surface area contributed by atoms with Crippen LogP contribution in [-0.4, -0.2) is 46.2 Å². The van der Waals surface area contributed by atoms with Gasteiger partial charge in [-0.25, -0.2) is 4.98 Å². The number of nitrogens with zero attached hydrogens (tertiary/aromatic N) is 3. The maximum Gasteiger partial charge on any atom is 0.326 e. The van der Waals surface area contributed by atoms with Gasteiger partial charge in [-0.15, -0.1) is 0 Å². The number of fused-ring (bicyclic) bond motifs is 1. The van der Waals surface area contributed by atoms with Crippen LogP contribution < -0.4 is 5.56 Å². The summed E-state index contributed by atoms with van der Waals surface area (Å²) in [6.45, 7) is 5.60. The van der Waals surface area contributed by atoms with E-state index in [0.717, 1.165) is 11.4 Å². The van der Waals surface area contributed by atoms with Gasteiger partial charge in [0.05, 0.1) is 29.9 Å². The Morgan fingerprint density at radius 3 is 2.67 bits per heavy atom. The van der Waals surface area contributed by atoms with Gasteiger partial charge in [0, 0.05) is 24.1 Å². The lowest BCUT2D eigenvalue weighted by Crippen LogP contribution is -2.27. The van der Waals surface area contributed by atoms with E-state index in [4.69, 9.17) is 9.47 Å². The monoisotopic (exact) mass is 411 g/mol. The molecular formula is C22H25N3O5. The fourth-order valence-corrected chi connectivity index (χ4v) is 3.68. The van der Waals surface area contributed by atoms with Crippen LogP contribution in [0.25, 0.3) is 10.9 Å². The number of para-hydroxylation sites is 1. The first-order chi connectivity index (χ1) is 14.3. The lowest BCUT2D eigenvalue weighted by Gasteiger charge is -2.17. The number of hydrogen-bond acceptors (Lipinski definition) is 6. The van der Waals surface area contributed by atoms with E-state index < -0.39 is 12.6 Å². The van der Waals surface area contributed by atoms with Gasteiger partial charge in [0.25, 0.3) is 5.56 Å². The minimum atomic E-state index is -0.677. The second kappa shape index (κ2) is 9.04. The molecule has 0 spiro atoms. The molecule has 0 bridgehead atoms. The average molecular weight is 411 g/mol. The van der Waals surface area contributed by atoms with Gasteiger partial charge in [-0.3, -0.25) is 19.0 Å². The molecule has 0 aliphatic rings. The van der Waals surface area contributed by atoms with E-state index in [1.54, 1.807) is 37.4 Å². The molecule has 0 aliphatic heterocycles. The molecule has 1 unspecified atom stereocenters. The number of hydrogen-bond donors (Lipinski definition) is 0. The molecule has 3 rings (SSSR count). The number of ketones is 1. The Kier molecular flexibility index (Phi) is 6.47. The zero-order valence-electron chi connectivity index (χ0n) is 17.5. The van der Waals surface area contributed by atoms with Crippen molar-refractivity contribution in [2.75, 3.05) is 20.3 Å². The van der Waals surface area contributed by atoms with Crippen LogP contribution in [0.5, 0.6) is 0 Å². The quantitative estimate of drug-likeness (QED) is 0.418. The van der Waals surface area contributed by atoms with Crippen LogP contribution in [0.3, 0.4) is 0 Å². The van der Waals surface area contributed by atoms with Crippen molar-refractivity contribution in [1.82, 2.24) is 14.1 Å². The molecule has 3 aromatic rings. The number of carbonyl (C=O) groups is 2. The van der Waals surface area contributed by atoms with Crippen LogP contribution in [-0.2, 0) is 20.8 Å². The number of aryl methyl sites for hydroxylation is 1. The molecule has 2 aromatic heterocycles. The highest BCUT2D eigenvalue weighted by molar-refractivity contribution is 5.99. The molecule has 0 fully saturated rings. The second-order valence-corrected chi connectivity index (χ2v) is 7.24. The summed E-state index contributed by atoms with van der Waals surface area (Å²) < 4.78 is 13.5. The molecule has 8 nitrogen and oxygen atoms in total. The third-order valence-corrected chi connectivity index (χ3v) is 5.03. The molecule has 0 radical (unpaired) electrons. The largest absolute Gasteiger partial charge is 0.456 e. The number of aromatic nitrogens is 3. The third-order valence-electron chi connectivity index (χ3n) is 5.03. The molecule has 2 heterocycles. The Bertz CT molecular complexity index is 1150. The van der Waals surface area contributed by atoms with Gasteiger partial charge in [-0.05, 0) is 39.0 Å². The first-order valence-electron chi connectivity index (χ1n) is 9.63. The predicted octanol–water partition coefficient (Wildman–Crippen LogP) is 2.45. The fraction of sp³-hybridized carbons (Fsp3) is 0.364. The molecular weight excluding hydrogens is 386 g/mol. The van der Waals surface area contributed by atoms with Gasteiger partial charge in [0.15, 0.2) is 6.61 Å². The number of methoxy groups -OCH3 is 1. The van der Waals surface area contributed by atoms with E-state index in [1.165, 1.54) is 10.9 Å². The summed E-state index contributed by atoms with van der Waals surface area (Å²) >= 11 is 0. The van der Waals surface area contributed by atoms with Gasteiger partial charge < -0.3 is 14.0 Å². The van der Waals surface area contributed by atoms with Crippen molar-refractivity contribution < 1.29 is 19.1 Å². The van der Waals surface area contributed by atoms with Crippen molar-refractivity contribution in [2.45, 2.75) is 33.4 Å². The Morgan fingerprint density at radius 1 is 1.20 bits per heavy atom. The van der Waals surface area contributed by atoms with Crippen molar-refractivity contribution in [2.24, 2.45) is 0 Å². The van der Waals surface area contributed by atoms with Crippen LogP contribution in [0.2, 0.25) is 0 Å². The average Bonchev–Trinajstić information content (AvgIpc) is 3.03. The molecule has 8 heteroatoms. The zero-order chi connectivity index (χ0) is 21.8. The van der Waals surface area contributed by atoms with E-state index in [0.29, 0.717) is 23.1 Å². The smallest absolute Gasteiger partial charge is 0.326 e. The summed E-state index contributed by atoms with van der Waals surface area (Å²) in [5.41, 5.74) is 2.46. The number of benzene rings is 1. The van der Waals surface area contributed by atoms with Crippen molar-refractivity contribution in [3.8, 4) is 0 Å². The number of ether oxygens (including phenoxy) is 2. The summed E-state index contributed by atoms with van der Waals surface area (Å²) in [5.74, 6) is -0.972. The van der Waals surface area contributed by atoms with E-state index in [9.17, 15) is 14.4 Å². The van der Waals surface area contributed by atoms with Crippen molar-refractivity contribution >= 4 is 22.7 Å². The van der Waals surface area contributed by atoms with E-state index >= 15 is 0 Å². The Labute approximate surface area is 174 Å². The summed E-state index contributed by atoms with van der Waals surface area (Å²) in [6.07, 6.45) is 1.30. The minimum Gasteiger partial charge on any atom is -0.456 e. The lowest BCUT2D eigenvalue weighted by molar-refractivity contribution is -0.143. The third kappa shape index (κ3) is 4.33. The number of carbonyl (C=O) groups excluding carboxylic acids is 2. The van der Waals surface area contributed by atoms with Crippen molar-refractivity contribution in [1.29, 1.82) is 0 Å². The fourth-order valence-electron chi connectivity index (χ4n) is 3.68. The van der Waals surface area contributed by atoms with Crippen LogP contribution in [0.1, 0.15) is 34.7 Å².